The van der Waals surface area contributed by atoms with Gasteiger partial charge in [0.15, 0.2) is 22.8 Å². The molecule has 8 atom stereocenters. The zero-order valence-electron chi connectivity index (χ0n) is 33.6. The SMILES string of the molecule is CCCCCC(C)CCCC(=O)SCCNC(=O)CCNC(=O)C(O)C(C)(C)COP(=O)(O)OP(=O)(O)OCC1OC(n2cnc3c(N)ncnc32)C(O)C1OP(=O)(O)O. The van der Waals surface area contributed by atoms with E-state index >= 15 is 0 Å². The molecular formula is C32H56N7O17P3S. The van der Waals surface area contributed by atoms with Crippen LogP contribution in [0.2, 0.25) is 0 Å². The molecule has 0 bridgehead atoms. The fourth-order valence-electron chi connectivity index (χ4n) is 5.85. The van der Waals surface area contributed by atoms with Gasteiger partial charge in [0.25, 0.3) is 0 Å². The van der Waals surface area contributed by atoms with Crippen molar-refractivity contribution < 1.29 is 80.5 Å². The van der Waals surface area contributed by atoms with Gasteiger partial charge in [-0.2, -0.15) is 4.31 Å². The first-order valence-electron chi connectivity index (χ1n) is 19.0. The highest BCUT2D eigenvalue weighted by atomic mass is 32.2. The van der Waals surface area contributed by atoms with Gasteiger partial charge in [-0.3, -0.25) is 32.5 Å². The number of aromatic nitrogens is 4. The van der Waals surface area contributed by atoms with Gasteiger partial charge in [-0.05, 0) is 12.3 Å². The van der Waals surface area contributed by atoms with Crippen LogP contribution in [0.4, 0.5) is 5.82 Å². The molecule has 1 aliphatic rings. The average molecular weight is 936 g/mol. The Labute approximate surface area is 350 Å². The number of unbranched alkanes of at least 4 members (excludes halogenated alkanes) is 2. The number of thioether (sulfide) groups is 1. The molecule has 2 aromatic rings. The van der Waals surface area contributed by atoms with Gasteiger partial charge in [-0.1, -0.05) is 71.6 Å². The number of carbonyl (C=O) groups excluding carboxylic acids is 3. The van der Waals surface area contributed by atoms with E-state index in [9.17, 15) is 57.9 Å². The number of amides is 2. The molecule has 10 N–H and O–H groups in total. The molecule has 24 nitrogen and oxygen atoms in total. The summed E-state index contributed by atoms with van der Waals surface area (Å²) in [5.74, 6) is -0.453. The summed E-state index contributed by atoms with van der Waals surface area (Å²) in [6, 6.07) is 0. The summed E-state index contributed by atoms with van der Waals surface area (Å²) < 4.78 is 62.3. The maximum Gasteiger partial charge on any atom is 0.481 e. The van der Waals surface area contributed by atoms with Crippen molar-refractivity contribution in [3.8, 4) is 0 Å². The lowest BCUT2D eigenvalue weighted by molar-refractivity contribution is -0.137. The molecule has 2 amide bonds. The van der Waals surface area contributed by atoms with Crippen molar-refractivity contribution in [3.63, 3.8) is 0 Å². The van der Waals surface area contributed by atoms with Crippen molar-refractivity contribution in [2.45, 2.75) is 110 Å². The maximum atomic E-state index is 12.7. The number of nitrogens with one attached hydrogen (secondary N) is 2. The molecule has 3 heterocycles. The molecule has 1 aliphatic heterocycles. The molecule has 0 aromatic carbocycles. The number of carbonyl (C=O) groups is 3. The van der Waals surface area contributed by atoms with Crippen LogP contribution in [0.3, 0.4) is 0 Å². The fourth-order valence-corrected chi connectivity index (χ4v) is 9.40. The third-order valence-electron chi connectivity index (χ3n) is 9.14. The van der Waals surface area contributed by atoms with E-state index in [0.717, 1.165) is 48.2 Å². The largest absolute Gasteiger partial charge is 0.481 e. The first-order chi connectivity index (χ1) is 27.9. The van der Waals surface area contributed by atoms with Crippen LogP contribution in [-0.4, -0.2) is 123 Å². The molecule has 28 heteroatoms. The van der Waals surface area contributed by atoms with E-state index in [1.165, 1.54) is 33.1 Å². The molecular weight excluding hydrogens is 879 g/mol. The van der Waals surface area contributed by atoms with Gasteiger partial charge in [0.1, 0.15) is 36.3 Å². The molecule has 1 fully saturated rings. The van der Waals surface area contributed by atoms with Gasteiger partial charge >= 0.3 is 23.5 Å². The Morgan fingerprint density at radius 2 is 1.68 bits per heavy atom. The smallest absolute Gasteiger partial charge is 0.386 e. The number of fused-ring (bicyclic) bond motifs is 1. The molecule has 3 rings (SSSR count). The highest BCUT2D eigenvalue weighted by Gasteiger charge is 2.50. The molecule has 2 aromatic heterocycles. The second-order valence-corrected chi connectivity index (χ2v) is 20.2. The normalized spacial score (nSPS) is 21.6. The number of phosphoric acid groups is 3. The fraction of sp³-hybridized carbons (Fsp3) is 0.750. The molecule has 8 unspecified atom stereocenters. The predicted octanol–water partition coefficient (Wildman–Crippen LogP) is 2.05. The number of nitrogens with zero attached hydrogens (tertiary/aromatic N) is 4. The van der Waals surface area contributed by atoms with Gasteiger partial charge in [-0.15, -0.1) is 0 Å². The number of hydrogen-bond acceptors (Lipinski definition) is 18. The van der Waals surface area contributed by atoms with Crippen LogP contribution in [-0.2, 0) is 50.7 Å². The number of anilines is 1. The van der Waals surface area contributed by atoms with Crippen LogP contribution in [0.25, 0.3) is 11.2 Å². The van der Waals surface area contributed by atoms with Crippen LogP contribution in [0.5, 0.6) is 0 Å². The van der Waals surface area contributed by atoms with E-state index < -0.39 is 84.6 Å². The zero-order chi connectivity index (χ0) is 44.9. The number of phosphoric ester groups is 3. The van der Waals surface area contributed by atoms with Gasteiger partial charge in [-0.25, -0.2) is 28.6 Å². The lowest BCUT2D eigenvalue weighted by Gasteiger charge is -2.30. The minimum Gasteiger partial charge on any atom is -0.386 e. The number of ether oxygens (including phenoxy) is 1. The van der Waals surface area contributed by atoms with E-state index in [1.807, 2.05) is 0 Å². The summed E-state index contributed by atoms with van der Waals surface area (Å²) in [7, 11) is -16.4. The second-order valence-electron chi connectivity index (χ2n) is 14.8. The van der Waals surface area contributed by atoms with Crippen LogP contribution in [0, 0.1) is 11.3 Å². The first-order valence-corrected chi connectivity index (χ1v) is 24.5. The number of hydrogen-bond donors (Lipinski definition) is 9. The second kappa shape index (κ2) is 23.3. The molecule has 0 spiro atoms. The number of nitrogens with two attached hydrogens (primary N) is 1. The average Bonchev–Trinajstić information content (AvgIpc) is 3.71. The highest BCUT2D eigenvalue weighted by Crippen LogP contribution is 2.61. The molecule has 1 saturated heterocycles. The van der Waals surface area contributed by atoms with Crippen molar-refractivity contribution in [2.24, 2.45) is 11.3 Å². The monoisotopic (exact) mass is 935 g/mol. The lowest BCUT2D eigenvalue weighted by Crippen LogP contribution is -2.46. The third-order valence-corrected chi connectivity index (χ3v) is 13.2. The summed E-state index contributed by atoms with van der Waals surface area (Å²) in [6.07, 6.45) is 0.155. The molecule has 0 saturated carbocycles. The van der Waals surface area contributed by atoms with Crippen LogP contribution in [0.15, 0.2) is 12.7 Å². The van der Waals surface area contributed by atoms with E-state index in [-0.39, 0.29) is 41.6 Å². The molecule has 0 aliphatic carbocycles. The summed E-state index contributed by atoms with van der Waals surface area (Å²) in [6.45, 7) is 4.92. The molecule has 0 radical (unpaired) electrons. The number of aliphatic hydroxyl groups excluding tert-OH is 2. The van der Waals surface area contributed by atoms with Gasteiger partial charge in [0.05, 0.1) is 19.5 Å². The van der Waals surface area contributed by atoms with Crippen molar-refractivity contribution in [3.05, 3.63) is 12.7 Å². The number of imidazole rings is 1. The summed E-state index contributed by atoms with van der Waals surface area (Å²) in [5.41, 5.74) is 4.28. The van der Waals surface area contributed by atoms with E-state index in [1.54, 1.807) is 0 Å². The Morgan fingerprint density at radius 1 is 1.00 bits per heavy atom. The third kappa shape index (κ3) is 17.0. The van der Waals surface area contributed by atoms with Gasteiger partial charge in [0.2, 0.25) is 11.8 Å². The van der Waals surface area contributed by atoms with Crippen LogP contribution in [0.1, 0.15) is 85.3 Å². The first kappa shape index (κ1) is 51.9. The minimum absolute atomic E-state index is 0.0327. The molecule has 342 valence electrons. The Hall–Kier alpha value is -2.44. The van der Waals surface area contributed by atoms with Gasteiger partial charge < -0.3 is 50.9 Å². The topological polar surface area (TPSA) is 364 Å². The highest BCUT2D eigenvalue weighted by molar-refractivity contribution is 8.13. The quantitative estimate of drug-likeness (QED) is 0.0457. The Morgan fingerprint density at radius 3 is 2.37 bits per heavy atom. The van der Waals surface area contributed by atoms with Crippen molar-refractivity contribution >= 4 is 69.1 Å². The number of aliphatic hydroxyl groups is 2. The van der Waals surface area contributed by atoms with Crippen molar-refractivity contribution in [1.29, 1.82) is 0 Å². The standard InChI is InChI=1S/C32H56N7O17P3S/c1-5-6-7-9-20(2)10-8-11-23(41)60-15-14-34-22(40)12-13-35-30(44)27(43)32(3,4)17-53-59(50,51)56-58(48,49)52-16-21-26(55-57(45,46)47)25(42)31(54-21)39-19-38-24-28(33)36-18-37-29(24)39/h18-21,25-27,31,42-43H,5-17H2,1-4H3,(H,34,40)(H,35,44)(H,48,49)(H,50,51)(H2,33,36,37)(H2,45,46,47). The minimum atomic E-state index is -5.57. The zero-order valence-corrected chi connectivity index (χ0v) is 37.1. The Kier molecular flexibility index (Phi) is 20.2. The van der Waals surface area contributed by atoms with Crippen LogP contribution >= 0.6 is 35.2 Å². The number of rotatable bonds is 27. The van der Waals surface area contributed by atoms with E-state index in [4.69, 9.17) is 19.5 Å². The Bertz CT molecular complexity index is 1890. The van der Waals surface area contributed by atoms with Crippen molar-refractivity contribution in [2.75, 3.05) is 37.8 Å². The van der Waals surface area contributed by atoms with Gasteiger partial charge in [0, 0.05) is 37.1 Å². The summed E-state index contributed by atoms with van der Waals surface area (Å²) in [4.78, 5) is 88.0. The summed E-state index contributed by atoms with van der Waals surface area (Å²) >= 11 is 1.14. The van der Waals surface area contributed by atoms with E-state index in [2.05, 4.69) is 48.3 Å². The maximum absolute atomic E-state index is 12.7. The Balaban J connectivity index is 1.41. The predicted molar refractivity (Wildman–Crippen MR) is 214 cm³/mol. The molecule has 60 heavy (non-hydrogen) atoms. The van der Waals surface area contributed by atoms with E-state index in [0.29, 0.717) is 18.1 Å². The lowest BCUT2D eigenvalue weighted by atomic mass is 9.87. The number of nitrogen functional groups attached to an aromatic ring is 1. The van der Waals surface area contributed by atoms with Crippen molar-refractivity contribution in [1.82, 2.24) is 30.2 Å². The summed E-state index contributed by atoms with van der Waals surface area (Å²) in [5, 5.41) is 26.6. The van der Waals surface area contributed by atoms with Crippen LogP contribution < -0.4 is 16.4 Å².